The van der Waals surface area contributed by atoms with Crippen LogP contribution in [-0.2, 0) is 9.53 Å². The second-order valence-corrected chi connectivity index (χ2v) is 2.71. The summed E-state index contributed by atoms with van der Waals surface area (Å²) in [7, 11) is 0. The van der Waals surface area contributed by atoms with E-state index in [2.05, 4.69) is 4.74 Å². The largest absolute Gasteiger partial charge is 0.459 e. The van der Waals surface area contributed by atoms with Crippen LogP contribution in [0.5, 0.6) is 0 Å². The van der Waals surface area contributed by atoms with Gasteiger partial charge in [-0.15, -0.1) is 0 Å². The monoisotopic (exact) mass is 145 g/mol. The fraction of sp³-hybridized carbons (Fsp3) is 0.714. The third-order valence-electron chi connectivity index (χ3n) is 0.826. The zero-order valence-electron chi connectivity index (χ0n) is 6.55. The molecule has 0 saturated carbocycles. The number of hydrogen-bond donors (Lipinski definition) is 1. The van der Waals surface area contributed by atoms with E-state index in [4.69, 9.17) is 5.11 Å². The van der Waals surface area contributed by atoms with Gasteiger partial charge in [0.1, 0.15) is 6.61 Å². The van der Waals surface area contributed by atoms with Gasteiger partial charge in [0, 0.05) is 0 Å². The lowest BCUT2D eigenvalue weighted by Gasteiger charge is -2.14. The summed E-state index contributed by atoms with van der Waals surface area (Å²) in [5.74, 6) is -0.407. The Kier molecular flexibility index (Phi) is 3.36. The molecule has 0 bridgehead atoms. The number of carbonyl (C=O) groups excluding carboxylic acids is 1. The molecule has 0 fully saturated rings. The first-order valence-electron chi connectivity index (χ1n) is 3.15. The van der Waals surface area contributed by atoms with E-state index in [1.54, 1.807) is 20.8 Å². The summed E-state index contributed by atoms with van der Waals surface area (Å²) in [6.07, 6.45) is 0.0251. The maximum absolute atomic E-state index is 10.6. The van der Waals surface area contributed by atoms with E-state index in [0.29, 0.717) is 0 Å². The molecule has 0 amide bonds. The van der Waals surface area contributed by atoms with Crippen molar-refractivity contribution in [3.05, 3.63) is 6.61 Å². The van der Waals surface area contributed by atoms with Crippen LogP contribution < -0.4 is 0 Å². The maximum Gasteiger partial charge on any atom is 0.309 e. The molecule has 3 nitrogen and oxygen atoms in total. The van der Waals surface area contributed by atoms with Crippen molar-refractivity contribution < 1.29 is 14.6 Å². The normalized spacial score (nSPS) is 11.2. The molecule has 0 saturated heterocycles. The Morgan fingerprint density at radius 2 is 2.20 bits per heavy atom. The fourth-order valence-electron chi connectivity index (χ4n) is 0.526. The van der Waals surface area contributed by atoms with Crippen LogP contribution in [0.3, 0.4) is 0 Å². The average Bonchev–Trinajstić information content (AvgIpc) is 1.59. The minimum absolute atomic E-state index is 0.0251. The zero-order chi connectivity index (χ0) is 8.20. The molecule has 0 aliphatic carbocycles. The topological polar surface area (TPSA) is 46.5 Å². The van der Waals surface area contributed by atoms with E-state index in [1.807, 2.05) is 0 Å². The van der Waals surface area contributed by atoms with Crippen LogP contribution in [0, 0.1) is 6.61 Å². The van der Waals surface area contributed by atoms with Crippen LogP contribution in [0.1, 0.15) is 27.2 Å². The maximum atomic E-state index is 10.6. The molecule has 3 heteroatoms. The first kappa shape index (κ1) is 9.43. The molecule has 1 radical (unpaired) electrons. The van der Waals surface area contributed by atoms with Crippen molar-refractivity contribution in [3.63, 3.8) is 0 Å². The number of rotatable bonds is 3. The SMILES string of the molecule is C[CH]OC(=O)CC(C)(C)O. The van der Waals surface area contributed by atoms with Crippen molar-refractivity contribution in [2.24, 2.45) is 0 Å². The fourth-order valence-corrected chi connectivity index (χ4v) is 0.526. The first-order chi connectivity index (χ1) is 4.45. The van der Waals surface area contributed by atoms with Gasteiger partial charge in [0.15, 0.2) is 0 Å². The lowest BCUT2D eigenvalue weighted by Crippen LogP contribution is -2.23. The van der Waals surface area contributed by atoms with E-state index >= 15 is 0 Å². The molecule has 0 spiro atoms. The Morgan fingerprint density at radius 1 is 1.70 bits per heavy atom. The number of hydrogen-bond acceptors (Lipinski definition) is 3. The molecule has 0 aliphatic heterocycles. The van der Waals surface area contributed by atoms with Gasteiger partial charge in [-0.3, -0.25) is 4.79 Å². The smallest absolute Gasteiger partial charge is 0.309 e. The number of esters is 1. The van der Waals surface area contributed by atoms with E-state index < -0.39 is 11.6 Å². The van der Waals surface area contributed by atoms with Crippen molar-refractivity contribution in [1.82, 2.24) is 0 Å². The summed E-state index contributed by atoms with van der Waals surface area (Å²) >= 11 is 0. The number of aliphatic hydroxyl groups is 1. The van der Waals surface area contributed by atoms with Gasteiger partial charge in [0.05, 0.1) is 12.0 Å². The van der Waals surface area contributed by atoms with Crippen molar-refractivity contribution in [2.75, 3.05) is 0 Å². The molecule has 0 aromatic carbocycles. The van der Waals surface area contributed by atoms with E-state index in [1.165, 1.54) is 6.61 Å². The molecule has 1 N–H and O–H groups in total. The van der Waals surface area contributed by atoms with Crippen LogP contribution >= 0.6 is 0 Å². The van der Waals surface area contributed by atoms with Gasteiger partial charge in [-0.05, 0) is 20.8 Å². The Morgan fingerprint density at radius 3 is 2.50 bits per heavy atom. The lowest BCUT2D eigenvalue weighted by molar-refractivity contribution is -0.144. The van der Waals surface area contributed by atoms with Crippen molar-refractivity contribution in [2.45, 2.75) is 32.8 Å². The molecule has 59 valence electrons. The lowest BCUT2D eigenvalue weighted by atomic mass is 10.1. The van der Waals surface area contributed by atoms with E-state index in [9.17, 15) is 4.79 Å². The van der Waals surface area contributed by atoms with Crippen LogP contribution in [0.4, 0.5) is 0 Å². The Labute approximate surface area is 61.0 Å². The Hall–Kier alpha value is -0.570. The molecule has 0 atom stereocenters. The zero-order valence-corrected chi connectivity index (χ0v) is 6.55. The van der Waals surface area contributed by atoms with Gasteiger partial charge >= 0.3 is 5.97 Å². The minimum atomic E-state index is -0.972. The summed E-state index contributed by atoms with van der Waals surface area (Å²) in [6, 6.07) is 0. The molecule has 0 rings (SSSR count). The predicted octanol–water partition coefficient (Wildman–Crippen LogP) is 0.872. The van der Waals surface area contributed by atoms with Crippen molar-refractivity contribution >= 4 is 5.97 Å². The van der Waals surface area contributed by atoms with Crippen LogP contribution in [0.25, 0.3) is 0 Å². The minimum Gasteiger partial charge on any atom is -0.459 e. The molecule has 0 aromatic rings. The summed E-state index contributed by atoms with van der Waals surface area (Å²) in [6.45, 7) is 6.03. The molecule has 0 aromatic heterocycles. The number of carbonyl (C=O) groups is 1. The highest BCUT2D eigenvalue weighted by Crippen LogP contribution is 2.07. The molecular formula is C7H13O3. The Balaban J connectivity index is 3.58. The van der Waals surface area contributed by atoms with Crippen LogP contribution in [0.2, 0.25) is 0 Å². The number of ether oxygens (including phenoxy) is 1. The second-order valence-electron chi connectivity index (χ2n) is 2.71. The molecular weight excluding hydrogens is 132 g/mol. The van der Waals surface area contributed by atoms with Gasteiger partial charge in [0.2, 0.25) is 0 Å². The van der Waals surface area contributed by atoms with Gasteiger partial charge in [-0.2, -0.15) is 0 Å². The Bertz CT molecular complexity index is 113. The predicted molar refractivity (Wildman–Crippen MR) is 37.0 cm³/mol. The summed E-state index contributed by atoms with van der Waals surface area (Å²) < 4.78 is 4.49. The van der Waals surface area contributed by atoms with Crippen LogP contribution in [0.15, 0.2) is 0 Å². The summed E-state index contributed by atoms with van der Waals surface area (Å²) in [4.78, 5) is 10.6. The van der Waals surface area contributed by atoms with Gasteiger partial charge in [-0.1, -0.05) is 0 Å². The van der Waals surface area contributed by atoms with Crippen molar-refractivity contribution in [1.29, 1.82) is 0 Å². The van der Waals surface area contributed by atoms with Gasteiger partial charge < -0.3 is 9.84 Å². The third-order valence-corrected chi connectivity index (χ3v) is 0.826. The highest BCUT2D eigenvalue weighted by molar-refractivity contribution is 5.70. The van der Waals surface area contributed by atoms with E-state index in [0.717, 1.165) is 0 Å². The standard InChI is InChI=1S/C7H13O3/c1-4-10-6(8)5-7(2,3)9/h4,9H,5H2,1-3H3. The molecule has 0 unspecified atom stereocenters. The summed E-state index contributed by atoms with van der Waals surface area (Å²) in [5, 5.41) is 9.10. The quantitative estimate of drug-likeness (QED) is 0.599. The second kappa shape index (κ2) is 3.56. The highest BCUT2D eigenvalue weighted by Gasteiger charge is 2.18. The van der Waals surface area contributed by atoms with Crippen LogP contribution in [-0.4, -0.2) is 16.7 Å². The summed E-state index contributed by atoms with van der Waals surface area (Å²) in [5.41, 5.74) is -0.972. The molecule has 0 aliphatic rings. The first-order valence-corrected chi connectivity index (χ1v) is 3.15. The highest BCUT2D eigenvalue weighted by atomic mass is 16.5. The van der Waals surface area contributed by atoms with Gasteiger partial charge in [0.25, 0.3) is 0 Å². The van der Waals surface area contributed by atoms with Crippen molar-refractivity contribution in [3.8, 4) is 0 Å². The average molecular weight is 145 g/mol. The third kappa shape index (κ3) is 5.56. The van der Waals surface area contributed by atoms with E-state index in [-0.39, 0.29) is 6.42 Å². The molecule has 10 heavy (non-hydrogen) atoms. The van der Waals surface area contributed by atoms with Gasteiger partial charge in [-0.25, -0.2) is 0 Å². The molecule has 0 heterocycles.